The quantitative estimate of drug-likeness (QED) is 0.576. The third-order valence-corrected chi connectivity index (χ3v) is 3.18. The maximum atomic E-state index is 12.3. The monoisotopic (exact) mass is 286 g/mol. The van der Waals surface area contributed by atoms with Crippen molar-refractivity contribution >= 4 is 11.6 Å². The normalized spacial score (nSPS) is 11.6. The molecule has 4 N–H and O–H groups in total. The number of nitrogens with one attached hydrogen (secondary N) is 2. The molecule has 0 saturated heterocycles. The number of aromatic nitrogens is 1. The standard InChI is InChI=1S/C15H18N4O2/c1-10(11-3-5-12(21-2)6-4-11)18-15(20)13-7-8-17-9-14(13)19-16/h3-10,19H,16H2,1-2H3,(H,18,20). The van der Waals surface area contributed by atoms with Crippen LogP contribution in [0.2, 0.25) is 0 Å². The Morgan fingerprint density at radius 2 is 2.00 bits per heavy atom. The van der Waals surface area contributed by atoms with Crippen molar-refractivity contribution in [2.45, 2.75) is 13.0 Å². The van der Waals surface area contributed by atoms with E-state index in [4.69, 9.17) is 10.6 Å². The van der Waals surface area contributed by atoms with Crippen LogP contribution in [0.3, 0.4) is 0 Å². The summed E-state index contributed by atoms with van der Waals surface area (Å²) in [4.78, 5) is 16.2. The molecule has 0 aliphatic carbocycles. The van der Waals surface area contributed by atoms with Crippen molar-refractivity contribution < 1.29 is 9.53 Å². The van der Waals surface area contributed by atoms with Gasteiger partial charge in [0.25, 0.3) is 5.91 Å². The molecule has 0 saturated carbocycles. The Morgan fingerprint density at radius 1 is 1.29 bits per heavy atom. The van der Waals surface area contributed by atoms with Crippen molar-refractivity contribution in [3.63, 3.8) is 0 Å². The summed E-state index contributed by atoms with van der Waals surface area (Å²) >= 11 is 0. The Balaban J connectivity index is 2.11. The molecular weight excluding hydrogens is 268 g/mol. The number of amides is 1. The predicted octanol–water partition coefficient (Wildman–Crippen LogP) is 1.87. The van der Waals surface area contributed by atoms with E-state index >= 15 is 0 Å². The van der Waals surface area contributed by atoms with E-state index in [0.717, 1.165) is 11.3 Å². The average Bonchev–Trinajstić information content (AvgIpc) is 2.54. The van der Waals surface area contributed by atoms with Crippen LogP contribution in [-0.2, 0) is 0 Å². The number of rotatable bonds is 5. The van der Waals surface area contributed by atoms with Crippen LogP contribution in [0.25, 0.3) is 0 Å². The summed E-state index contributed by atoms with van der Waals surface area (Å²) in [5.41, 5.74) is 4.39. The van der Waals surface area contributed by atoms with E-state index in [1.54, 1.807) is 19.4 Å². The highest BCUT2D eigenvalue weighted by Crippen LogP contribution is 2.19. The molecule has 110 valence electrons. The molecule has 1 unspecified atom stereocenters. The lowest BCUT2D eigenvalue weighted by atomic mass is 10.1. The molecule has 1 heterocycles. The van der Waals surface area contributed by atoms with Crippen molar-refractivity contribution in [1.82, 2.24) is 10.3 Å². The van der Waals surface area contributed by atoms with Gasteiger partial charge in [-0.05, 0) is 30.7 Å². The Kier molecular flexibility index (Phi) is 4.73. The topological polar surface area (TPSA) is 89.3 Å². The van der Waals surface area contributed by atoms with Crippen LogP contribution in [0, 0.1) is 0 Å². The minimum absolute atomic E-state index is 0.137. The van der Waals surface area contributed by atoms with Crippen molar-refractivity contribution in [3.05, 3.63) is 53.9 Å². The fourth-order valence-electron chi connectivity index (χ4n) is 1.96. The van der Waals surface area contributed by atoms with E-state index in [9.17, 15) is 4.79 Å². The summed E-state index contributed by atoms with van der Waals surface area (Å²) < 4.78 is 5.11. The van der Waals surface area contributed by atoms with E-state index in [1.807, 2.05) is 31.2 Å². The molecule has 2 rings (SSSR count). The van der Waals surface area contributed by atoms with E-state index in [2.05, 4.69) is 15.7 Å². The van der Waals surface area contributed by atoms with Gasteiger partial charge >= 0.3 is 0 Å². The minimum Gasteiger partial charge on any atom is -0.497 e. The number of hydrogen-bond acceptors (Lipinski definition) is 5. The molecule has 0 fully saturated rings. The molecule has 6 nitrogen and oxygen atoms in total. The number of nitrogens with two attached hydrogens (primary N) is 1. The van der Waals surface area contributed by atoms with Crippen molar-refractivity contribution in [2.24, 2.45) is 5.84 Å². The van der Waals surface area contributed by atoms with Gasteiger partial charge in [-0.2, -0.15) is 0 Å². The first kappa shape index (κ1) is 14.8. The molecule has 0 spiro atoms. The fourth-order valence-corrected chi connectivity index (χ4v) is 1.96. The summed E-state index contributed by atoms with van der Waals surface area (Å²) in [6, 6.07) is 9.03. The minimum atomic E-state index is -0.214. The van der Waals surface area contributed by atoms with Crippen LogP contribution >= 0.6 is 0 Å². The van der Waals surface area contributed by atoms with Crippen LogP contribution in [0.1, 0.15) is 28.9 Å². The number of methoxy groups -OCH3 is 1. The van der Waals surface area contributed by atoms with Gasteiger partial charge in [0.15, 0.2) is 0 Å². The summed E-state index contributed by atoms with van der Waals surface area (Å²) in [5, 5.41) is 2.92. The van der Waals surface area contributed by atoms with Crippen molar-refractivity contribution in [3.8, 4) is 5.75 Å². The molecule has 2 aromatic rings. The number of hydrazine groups is 1. The second-order valence-corrected chi connectivity index (χ2v) is 4.53. The highest BCUT2D eigenvalue weighted by Gasteiger charge is 2.14. The van der Waals surface area contributed by atoms with Gasteiger partial charge in [-0.15, -0.1) is 0 Å². The van der Waals surface area contributed by atoms with Gasteiger partial charge in [0.05, 0.1) is 30.6 Å². The summed E-state index contributed by atoms with van der Waals surface area (Å²) in [7, 11) is 1.62. The number of anilines is 1. The lowest BCUT2D eigenvalue weighted by Crippen LogP contribution is -2.28. The predicted molar refractivity (Wildman–Crippen MR) is 80.9 cm³/mol. The maximum absolute atomic E-state index is 12.3. The van der Waals surface area contributed by atoms with Gasteiger partial charge in [0.1, 0.15) is 5.75 Å². The summed E-state index contributed by atoms with van der Waals surface area (Å²) in [5.74, 6) is 5.94. The summed E-state index contributed by atoms with van der Waals surface area (Å²) in [6.07, 6.45) is 3.06. The van der Waals surface area contributed by atoms with Gasteiger partial charge in [-0.1, -0.05) is 12.1 Å². The van der Waals surface area contributed by atoms with Crippen LogP contribution in [0.4, 0.5) is 5.69 Å². The zero-order chi connectivity index (χ0) is 15.2. The van der Waals surface area contributed by atoms with Gasteiger partial charge in [0, 0.05) is 6.20 Å². The van der Waals surface area contributed by atoms with E-state index in [0.29, 0.717) is 11.3 Å². The first-order valence-corrected chi connectivity index (χ1v) is 6.51. The molecule has 0 aliphatic rings. The number of hydrogen-bond donors (Lipinski definition) is 3. The average molecular weight is 286 g/mol. The number of carbonyl (C=O) groups is 1. The number of nitrogen functional groups attached to an aromatic ring is 1. The van der Waals surface area contributed by atoms with Crippen LogP contribution in [0.15, 0.2) is 42.7 Å². The maximum Gasteiger partial charge on any atom is 0.254 e. The Morgan fingerprint density at radius 3 is 2.62 bits per heavy atom. The second-order valence-electron chi connectivity index (χ2n) is 4.53. The zero-order valence-electron chi connectivity index (χ0n) is 12.0. The van der Waals surface area contributed by atoms with Crippen molar-refractivity contribution in [2.75, 3.05) is 12.5 Å². The second kappa shape index (κ2) is 6.71. The Hall–Kier alpha value is -2.60. The van der Waals surface area contributed by atoms with Crippen LogP contribution in [-0.4, -0.2) is 18.0 Å². The fraction of sp³-hybridized carbons (Fsp3) is 0.200. The third-order valence-electron chi connectivity index (χ3n) is 3.18. The SMILES string of the molecule is COc1ccc(C(C)NC(=O)c2ccncc2NN)cc1. The number of benzene rings is 1. The molecule has 1 atom stereocenters. The highest BCUT2D eigenvalue weighted by molar-refractivity contribution is 5.99. The van der Waals surface area contributed by atoms with Crippen LogP contribution in [0.5, 0.6) is 5.75 Å². The number of carbonyl (C=O) groups excluding carboxylic acids is 1. The molecule has 1 aromatic heterocycles. The van der Waals surface area contributed by atoms with Crippen molar-refractivity contribution in [1.29, 1.82) is 0 Å². The number of pyridine rings is 1. The first-order valence-electron chi connectivity index (χ1n) is 6.51. The lowest BCUT2D eigenvalue weighted by Gasteiger charge is -2.16. The zero-order valence-corrected chi connectivity index (χ0v) is 12.0. The Bertz CT molecular complexity index is 613. The first-order chi connectivity index (χ1) is 10.2. The Labute approximate surface area is 123 Å². The lowest BCUT2D eigenvalue weighted by molar-refractivity contribution is 0.0940. The van der Waals surface area contributed by atoms with Gasteiger partial charge in [-0.25, -0.2) is 0 Å². The number of ether oxygens (including phenoxy) is 1. The largest absolute Gasteiger partial charge is 0.497 e. The molecule has 0 radical (unpaired) electrons. The molecule has 1 aromatic carbocycles. The van der Waals surface area contributed by atoms with E-state index < -0.39 is 0 Å². The molecule has 0 bridgehead atoms. The van der Waals surface area contributed by atoms with Gasteiger partial charge < -0.3 is 15.5 Å². The van der Waals surface area contributed by atoms with Gasteiger partial charge in [0.2, 0.25) is 0 Å². The van der Waals surface area contributed by atoms with E-state index in [1.165, 1.54) is 6.20 Å². The number of nitrogens with zero attached hydrogens (tertiary/aromatic N) is 1. The highest BCUT2D eigenvalue weighted by atomic mass is 16.5. The molecule has 6 heteroatoms. The third kappa shape index (κ3) is 3.49. The van der Waals surface area contributed by atoms with Gasteiger partial charge in [-0.3, -0.25) is 15.6 Å². The molecule has 1 amide bonds. The molecule has 21 heavy (non-hydrogen) atoms. The van der Waals surface area contributed by atoms with Crippen LogP contribution < -0.4 is 21.3 Å². The van der Waals surface area contributed by atoms with E-state index in [-0.39, 0.29) is 11.9 Å². The molecular formula is C15H18N4O2. The molecule has 0 aliphatic heterocycles. The smallest absolute Gasteiger partial charge is 0.254 e. The summed E-state index contributed by atoms with van der Waals surface area (Å²) in [6.45, 7) is 1.91.